The highest BCUT2D eigenvalue weighted by molar-refractivity contribution is 5.48. The molecule has 0 spiro atoms. The molecule has 0 aliphatic carbocycles. The van der Waals surface area contributed by atoms with Crippen LogP contribution < -0.4 is 4.90 Å². The molecule has 0 bridgehead atoms. The summed E-state index contributed by atoms with van der Waals surface area (Å²) in [5.41, 5.74) is 1.31. The van der Waals surface area contributed by atoms with E-state index < -0.39 is 5.60 Å². The van der Waals surface area contributed by atoms with E-state index in [2.05, 4.69) is 11.8 Å². The first kappa shape index (κ1) is 15.0. The number of rotatable bonds is 6. The van der Waals surface area contributed by atoms with Crippen LogP contribution in [0, 0.1) is 0 Å². The Balaban J connectivity index is 2.82. The molecule has 2 N–H and O–H groups in total. The van der Waals surface area contributed by atoms with Crippen molar-refractivity contribution in [2.45, 2.75) is 45.8 Å². The lowest BCUT2D eigenvalue weighted by molar-refractivity contribution is 0.0876. The minimum atomic E-state index is -0.711. The number of nitrogens with zero attached hydrogens (tertiary/aromatic N) is 1. The van der Waals surface area contributed by atoms with Crippen molar-refractivity contribution < 1.29 is 10.2 Å². The Morgan fingerprint density at radius 1 is 1.17 bits per heavy atom. The highest BCUT2D eigenvalue weighted by Crippen LogP contribution is 2.22. The molecule has 0 heterocycles. The molecule has 0 aliphatic heterocycles. The Bertz CT molecular complexity index is 354. The van der Waals surface area contributed by atoms with Crippen LogP contribution in [0.15, 0.2) is 24.3 Å². The molecular formula is C15H25NO2. The first-order chi connectivity index (χ1) is 8.37. The first-order valence-electron chi connectivity index (χ1n) is 6.62. The summed E-state index contributed by atoms with van der Waals surface area (Å²) < 4.78 is 0. The summed E-state index contributed by atoms with van der Waals surface area (Å²) in [6, 6.07) is 7.92. The van der Waals surface area contributed by atoms with Crippen LogP contribution >= 0.6 is 0 Å². The van der Waals surface area contributed by atoms with Crippen molar-refractivity contribution in [3.63, 3.8) is 0 Å². The van der Waals surface area contributed by atoms with Gasteiger partial charge in [0.05, 0.1) is 11.7 Å². The number of hydrogen-bond donors (Lipinski definition) is 2. The minimum Gasteiger partial charge on any atom is -0.389 e. The summed E-state index contributed by atoms with van der Waals surface area (Å²) in [6.07, 6.45) is 0.337. The van der Waals surface area contributed by atoms with Gasteiger partial charge in [0.15, 0.2) is 0 Å². The maximum atomic E-state index is 9.88. The number of aliphatic hydroxyl groups excluding tert-OH is 1. The van der Waals surface area contributed by atoms with E-state index in [1.165, 1.54) is 0 Å². The van der Waals surface area contributed by atoms with Gasteiger partial charge in [-0.15, -0.1) is 0 Å². The Labute approximate surface area is 110 Å². The van der Waals surface area contributed by atoms with Crippen molar-refractivity contribution in [1.82, 2.24) is 0 Å². The third-order valence-electron chi connectivity index (χ3n) is 2.99. The SMILES string of the molecule is CC[C@@H](O)c1ccc(N(CC)CC(C)(C)O)cc1. The normalized spacial score (nSPS) is 13.4. The first-order valence-corrected chi connectivity index (χ1v) is 6.62. The van der Waals surface area contributed by atoms with E-state index >= 15 is 0 Å². The fraction of sp³-hybridized carbons (Fsp3) is 0.600. The van der Waals surface area contributed by atoms with E-state index in [-0.39, 0.29) is 6.10 Å². The van der Waals surface area contributed by atoms with E-state index in [4.69, 9.17) is 0 Å². The molecule has 0 fully saturated rings. The van der Waals surface area contributed by atoms with Gasteiger partial charge in [-0.1, -0.05) is 19.1 Å². The molecule has 3 heteroatoms. The molecule has 3 nitrogen and oxygen atoms in total. The zero-order valence-corrected chi connectivity index (χ0v) is 11.8. The molecule has 0 unspecified atom stereocenters. The van der Waals surface area contributed by atoms with Crippen molar-refractivity contribution in [1.29, 1.82) is 0 Å². The van der Waals surface area contributed by atoms with E-state index in [0.29, 0.717) is 6.54 Å². The van der Waals surface area contributed by atoms with Crippen molar-refractivity contribution in [2.24, 2.45) is 0 Å². The average molecular weight is 251 g/mol. The molecule has 102 valence electrons. The molecule has 0 amide bonds. The molecule has 18 heavy (non-hydrogen) atoms. The van der Waals surface area contributed by atoms with E-state index in [1.54, 1.807) is 0 Å². The van der Waals surface area contributed by atoms with Crippen molar-refractivity contribution >= 4 is 5.69 Å². The maximum absolute atomic E-state index is 9.88. The van der Waals surface area contributed by atoms with Crippen LogP contribution in [-0.2, 0) is 0 Å². The van der Waals surface area contributed by atoms with Crippen LogP contribution in [0.25, 0.3) is 0 Å². The topological polar surface area (TPSA) is 43.7 Å². The van der Waals surface area contributed by atoms with Gasteiger partial charge in [0.1, 0.15) is 0 Å². The van der Waals surface area contributed by atoms with E-state index in [9.17, 15) is 10.2 Å². The molecule has 0 radical (unpaired) electrons. The van der Waals surface area contributed by atoms with Gasteiger partial charge in [-0.25, -0.2) is 0 Å². The second-order valence-corrected chi connectivity index (χ2v) is 5.34. The van der Waals surface area contributed by atoms with Gasteiger partial charge in [0.25, 0.3) is 0 Å². The van der Waals surface area contributed by atoms with Crippen molar-refractivity contribution in [2.75, 3.05) is 18.0 Å². The molecule has 0 aliphatic rings. The van der Waals surface area contributed by atoms with Gasteiger partial charge >= 0.3 is 0 Å². The number of aliphatic hydroxyl groups is 2. The van der Waals surface area contributed by atoms with Gasteiger partial charge in [-0.2, -0.15) is 0 Å². The highest BCUT2D eigenvalue weighted by Gasteiger charge is 2.17. The quantitative estimate of drug-likeness (QED) is 0.817. The number of benzene rings is 1. The highest BCUT2D eigenvalue weighted by atomic mass is 16.3. The molecule has 1 aromatic carbocycles. The molecule has 0 aromatic heterocycles. The lowest BCUT2D eigenvalue weighted by atomic mass is 10.1. The maximum Gasteiger partial charge on any atom is 0.0787 e. The fourth-order valence-corrected chi connectivity index (χ4v) is 2.00. The van der Waals surface area contributed by atoms with Crippen LogP contribution in [0.1, 0.15) is 45.8 Å². The molecule has 1 rings (SSSR count). The standard InChI is InChI=1S/C15H25NO2/c1-5-14(17)12-7-9-13(10-8-12)16(6-2)11-15(3,4)18/h7-10,14,17-18H,5-6,11H2,1-4H3/t14-/m1/s1. The Morgan fingerprint density at radius 3 is 2.11 bits per heavy atom. The summed E-state index contributed by atoms with van der Waals surface area (Å²) in [5, 5.41) is 19.6. The third kappa shape index (κ3) is 4.31. The van der Waals surface area contributed by atoms with Gasteiger partial charge in [-0.3, -0.25) is 0 Å². The van der Waals surface area contributed by atoms with Crippen LogP contribution in [0.5, 0.6) is 0 Å². The van der Waals surface area contributed by atoms with Crippen molar-refractivity contribution in [3.05, 3.63) is 29.8 Å². The van der Waals surface area contributed by atoms with Crippen LogP contribution in [-0.4, -0.2) is 28.9 Å². The Hall–Kier alpha value is -1.06. The zero-order valence-electron chi connectivity index (χ0n) is 11.8. The largest absolute Gasteiger partial charge is 0.389 e. The van der Waals surface area contributed by atoms with Crippen LogP contribution in [0.2, 0.25) is 0 Å². The summed E-state index contributed by atoms with van der Waals surface area (Å²) in [5.74, 6) is 0. The zero-order chi connectivity index (χ0) is 13.8. The van der Waals surface area contributed by atoms with Crippen LogP contribution in [0.4, 0.5) is 5.69 Å². The summed E-state index contributed by atoms with van der Waals surface area (Å²) in [6.45, 7) is 9.10. The minimum absolute atomic E-state index is 0.386. The van der Waals surface area contributed by atoms with E-state index in [0.717, 1.165) is 24.2 Å². The number of anilines is 1. The molecule has 0 saturated carbocycles. The molecule has 1 aromatic rings. The van der Waals surface area contributed by atoms with Crippen molar-refractivity contribution in [3.8, 4) is 0 Å². The monoisotopic (exact) mass is 251 g/mol. The predicted octanol–water partition coefficient (Wildman–Crippen LogP) is 2.73. The van der Waals surface area contributed by atoms with Crippen LogP contribution in [0.3, 0.4) is 0 Å². The summed E-state index contributed by atoms with van der Waals surface area (Å²) in [4.78, 5) is 2.13. The fourth-order valence-electron chi connectivity index (χ4n) is 2.00. The molecule has 0 saturated heterocycles. The predicted molar refractivity (Wildman–Crippen MR) is 75.9 cm³/mol. The Kier molecular flexibility index (Phi) is 5.17. The summed E-state index contributed by atoms with van der Waals surface area (Å²) >= 11 is 0. The smallest absolute Gasteiger partial charge is 0.0787 e. The van der Waals surface area contributed by atoms with Gasteiger partial charge in [0.2, 0.25) is 0 Å². The van der Waals surface area contributed by atoms with Gasteiger partial charge in [0, 0.05) is 18.8 Å². The molecular weight excluding hydrogens is 226 g/mol. The number of hydrogen-bond acceptors (Lipinski definition) is 3. The molecule has 1 atom stereocenters. The lowest BCUT2D eigenvalue weighted by Crippen LogP contribution is -2.38. The number of likely N-dealkylation sites (N-methyl/N-ethyl adjacent to an activating group) is 1. The Morgan fingerprint density at radius 2 is 1.72 bits per heavy atom. The van der Waals surface area contributed by atoms with Gasteiger partial charge in [-0.05, 0) is 44.9 Å². The summed E-state index contributed by atoms with van der Waals surface area (Å²) in [7, 11) is 0. The lowest BCUT2D eigenvalue weighted by Gasteiger charge is -2.30. The second kappa shape index (κ2) is 6.21. The average Bonchev–Trinajstić information content (AvgIpc) is 2.34. The third-order valence-corrected chi connectivity index (χ3v) is 2.99. The second-order valence-electron chi connectivity index (χ2n) is 5.34. The van der Waals surface area contributed by atoms with Gasteiger partial charge < -0.3 is 15.1 Å². The van der Waals surface area contributed by atoms with E-state index in [1.807, 2.05) is 45.0 Å².